The van der Waals surface area contributed by atoms with Gasteiger partial charge < -0.3 is 10.2 Å². The first-order valence-electron chi connectivity index (χ1n) is 7.43. The van der Waals surface area contributed by atoms with Crippen molar-refractivity contribution in [3.8, 4) is 0 Å². The number of benzene rings is 1. The van der Waals surface area contributed by atoms with E-state index >= 15 is 0 Å². The Labute approximate surface area is 116 Å². The summed E-state index contributed by atoms with van der Waals surface area (Å²) in [6.45, 7) is 8.44. The Kier molecular flexibility index (Phi) is 4.81. The van der Waals surface area contributed by atoms with Crippen LogP contribution in [-0.4, -0.2) is 19.1 Å². The maximum atomic E-state index is 13.6. The Morgan fingerprint density at radius 2 is 2.21 bits per heavy atom. The van der Waals surface area contributed by atoms with Crippen molar-refractivity contribution >= 4 is 5.69 Å². The molecule has 0 amide bonds. The largest absolute Gasteiger partial charge is 0.369 e. The van der Waals surface area contributed by atoms with Gasteiger partial charge in [-0.15, -0.1) is 0 Å². The number of nitrogens with one attached hydrogen (secondary N) is 1. The highest BCUT2D eigenvalue weighted by molar-refractivity contribution is 5.56. The highest BCUT2D eigenvalue weighted by Gasteiger charge is 2.22. The molecule has 1 saturated heterocycles. The number of piperidine rings is 1. The van der Waals surface area contributed by atoms with Crippen LogP contribution in [0.3, 0.4) is 0 Å². The summed E-state index contributed by atoms with van der Waals surface area (Å²) in [7, 11) is 0. The van der Waals surface area contributed by atoms with Crippen LogP contribution in [0.2, 0.25) is 0 Å². The van der Waals surface area contributed by atoms with Gasteiger partial charge in [-0.1, -0.05) is 6.92 Å². The average molecular weight is 264 g/mol. The molecule has 0 radical (unpaired) electrons. The van der Waals surface area contributed by atoms with Gasteiger partial charge in [0, 0.05) is 24.3 Å². The monoisotopic (exact) mass is 264 g/mol. The second kappa shape index (κ2) is 6.38. The van der Waals surface area contributed by atoms with Crippen molar-refractivity contribution in [2.45, 2.75) is 52.1 Å². The van der Waals surface area contributed by atoms with Gasteiger partial charge in [0.2, 0.25) is 0 Å². The van der Waals surface area contributed by atoms with Crippen LogP contribution >= 0.6 is 0 Å². The molecule has 1 fully saturated rings. The highest BCUT2D eigenvalue weighted by atomic mass is 19.1. The summed E-state index contributed by atoms with van der Waals surface area (Å²) >= 11 is 0. The third-order valence-electron chi connectivity index (χ3n) is 4.08. The van der Waals surface area contributed by atoms with E-state index < -0.39 is 0 Å². The van der Waals surface area contributed by atoms with Crippen LogP contribution in [0.25, 0.3) is 0 Å². The molecular formula is C16H25FN2. The highest BCUT2D eigenvalue weighted by Crippen LogP contribution is 2.31. The molecule has 1 heterocycles. The van der Waals surface area contributed by atoms with Gasteiger partial charge in [0.05, 0.1) is 0 Å². The minimum absolute atomic E-state index is 0.145. The Bertz CT molecular complexity index is 419. The van der Waals surface area contributed by atoms with E-state index in [1.54, 1.807) is 12.1 Å². The third kappa shape index (κ3) is 3.27. The number of nitrogens with zero attached hydrogens (tertiary/aromatic N) is 1. The van der Waals surface area contributed by atoms with Crippen molar-refractivity contribution < 1.29 is 4.39 Å². The van der Waals surface area contributed by atoms with Gasteiger partial charge in [0.1, 0.15) is 5.82 Å². The van der Waals surface area contributed by atoms with E-state index in [2.05, 4.69) is 31.0 Å². The fourth-order valence-electron chi connectivity index (χ4n) is 3.01. The standard InChI is InChI=1S/C16H25FN2/c1-4-18-13(3)15-11-14(17)8-9-16(15)19-10-6-5-7-12(19)2/h8-9,11-13,18H,4-7,10H2,1-3H3. The second-order valence-electron chi connectivity index (χ2n) is 5.52. The molecule has 2 rings (SSSR count). The van der Waals surface area contributed by atoms with Crippen molar-refractivity contribution in [1.29, 1.82) is 0 Å². The maximum absolute atomic E-state index is 13.6. The fourth-order valence-corrected chi connectivity index (χ4v) is 3.01. The minimum atomic E-state index is -0.145. The Balaban J connectivity index is 2.32. The zero-order valence-corrected chi connectivity index (χ0v) is 12.2. The van der Waals surface area contributed by atoms with Crippen LogP contribution in [0, 0.1) is 5.82 Å². The first-order valence-corrected chi connectivity index (χ1v) is 7.43. The van der Waals surface area contributed by atoms with E-state index in [-0.39, 0.29) is 11.9 Å². The summed E-state index contributed by atoms with van der Waals surface area (Å²) in [6.07, 6.45) is 3.76. The van der Waals surface area contributed by atoms with Crippen molar-refractivity contribution in [1.82, 2.24) is 5.32 Å². The molecule has 0 spiro atoms. The van der Waals surface area contributed by atoms with Crippen LogP contribution < -0.4 is 10.2 Å². The van der Waals surface area contributed by atoms with Crippen molar-refractivity contribution in [3.05, 3.63) is 29.6 Å². The second-order valence-corrected chi connectivity index (χ2v) is 5.52. The first kappa shape index (κ1) is 14.3. The molecule has 106 valence electrons. The van der Waals surface area contributed by atoms with Crippen LogP contribution in [0.15, 0.2) is 18.2 Å². The van der Waals surface area contributed by atoms with Gasteiger partial charge in [-0.25, -0.2) is 4.39 Å². The molecule has 1 aliphatic rings. The number of hydrogen-bond acceptors (Lipinski definition) is 2. The van der Waals surface area contributed by atoms with Crippen LogP contribution in [0.1, 0.15) is 51.6 Å². The lowest BCUT2D eigenvalue weighted by Gasteiger charge is -2.37. The van der Waals surface area contributed by atoms with Crippen molar-refractivity contribution in [2.75, 3.05) is 18.0 Å². The van der Waals surface area contributed by atoms with Crippen LogP contribution in [-0.2, 0) is 0 Å². The lowest BCUT2D eigenvalue weighted by atomic mass is 9.98. The van der Waals surface area contributed by atoms with Gasteiger partial charge in [0.25, 0.3) is 0 Å². The molecule has 1 aliphatic heterocycles. The smallest absolute Gasteiger partial charge is 0.123 e. The van der Waals surface area contributed by atoms with Gasteiger partial charge in [-0.3, -0.25) is 0 Å². The molecule has 2 unspecified atom stereocenters. The molecule has 0 saturated carbocycles. The van der Waals surface area contributed by atoms with E-state index in [1.807, 2.05) is 6.07 Å². The zero-order valence-electron chi connectivity index (χ0n) is 12.2. The number of halogens is 1. The summed E-state index contributed by atoms with van der Waals surface area (Å²) in [5, 5.41) is 3.39. The Morgan fingerprint density at radius 1 is 1.42 bits per heavy atom. The van der Waals surface area contributed by atoms with Gasteiger partial charge in [-0.2, -0.15) is 0 Å². The summed E-state index contributed by atoms with van der Waals surface area (Å²) in [5.74, 6) is -0.145. The van der Waals surface area contributed by atoms with Crippen LogP contribution in [0.5, 0.6) is 0 Å². The van der Waals surface area contributed by atoms with E-state index in [0.717, 1.165) is 18.7 Å². The SMILES string of the molecule is CCNC(C)c1cc(F)ccc1N1CCCCC1C. The molecule has 1 aromatic rings. The summed E-state index contributed by atoms with van der Waals surface area (Å²) < 4.78 is 13.6. The van der Waals surface area contributed by atoms with E-state index in [9.17, 15) is 4.39 Å². The molecule has 2 atom stereocenters. The molecule has 1 aromatic carbocycles. The fraction of sp³-hybridized carbons (Fsp3) is 0.625. The predicted octanol–water partition coefficient (Wildman–Crippen LogP) is 3.88. The number of hydrogen-bond donors (Lipinski definition) is 1. The molecule has 2 nitrogen and oxygen atoms in total. The summed E-state index contributed by atoms with van der Waals surface area (Å²) in [4.78, 5) is 2.44. The first-order chi connectivity index (χ1) is 9.13. The third-order valence-corrected chi connectivity index (χ3v) is 4.08. The lowest BCUT2D eigenvalue weighted by Crippen LogP contribution is -2.38. The average Bonchev–Trinajstić information content (AvgIpc) is 2.40. The van der Waals surface area contributed by atoms with Crippen molar-refractivity contribution in [2.24, 2.45) is 0 Å². The van der Waals surface area contributed by atoms with Gasteiger partial charge in [0.15, 0.2) is 0 Å². The summed E-state index contributed by atoms with van der Waals surface area (Å²) in [6, 6.07) is 5.94. The Morgan fingerprint density at radius 3 is 2.89 bits per heavy atom. The van der Waals surface area contributed by atoms with E-state index in [0.29, 0.717) is 6.04 Å². The van der Waals surface area contributed by atoms with Gasteiger partial charge in [-0.05, 0) is 63.4 Å². The molecular weight excluding hydrogens is 239 g/mol. The quantitative estimate of drug-likeness (QED) is 0.888. The van der Waals surface area contributed by atoms with Gasteiger partial charge >= 0.3 is 0 Å². The predicted molar refractivity (Wildman–Crippen MR) is 79.2 cm³/mol. The lowest BCUT2D eigenvalue weighted by molar-refractivity contribution is 0.480. The molecule has 0 aliphatic carbocycles. The minimum Gasteiger partial charge on any atom is -0.369 e. The maximum Gasteiger partial charge on any atom is 0.123 e. The van der Waals surface area contributed by atoms with E-state index in [1.165, 1.54) is 24.9 Å². The summed E-state index contributed by atoms with van der Waals surface area (Å²) in [5.41, 5.74) is 2.28. The zero-order chi connectivity index (χ0) is 13.8. The normalized spacial score (nSPS) is 21.5. The Hall–Kier alpha value is -1.09. The number of rotatable bonds is 4. The van der Waals surface area contributed by atoms with Crippen molar-refractivity contribution in [3.63, 3.8) is 0 Å². The molecule has 19 heavy (non-hydrogen) atoms. The molecule has 3 heteroatoms. The molecule has 0 aromatic heterocycles. The van der Waals surface area contributed by atoms with E-state index in [4.69, 9.17) is 0 Å². The van der Waals surface area contributed by atoms with Crippen LogP contribution in [0.4, 0.5) is 10.1 Å². The topological polar surface area (TPSA) is 15.3 Å². The number of anilines is 1. The molecule has 0 bridgehead atoms. The molecule has 1 N–H and O–H groups in total.